The number of aromatic nitrogens is 1. The second kappa shape index (κ2) is 14.8. The lowest BCUT2D eigenvalue weighted by atomic mass is 9.65. The summed E-state index contributed by atoms with van der Waals surface area (Å²) in [7, 11) is 0. The summed E-state index contributed by atoms with van der Waals surface area (Å²) in [5, 5.41) is 2.56. The SMILES string of the molecule is c1ccc(-c2ccc(N(c3ccc4c(c3)C(c3ccccc3)(c3ccccc3)c3ccccc3-4)c3cccc4c3-c3ccccc3C43c4ccccc4-n4c5ccccc5c5cccc3c54)cc2)cc1. The summed E-state index contributed by atoms with van der Waals surface area (Å²) < 4.78 is 2.53. The molecule has 0 radical (unpaired) electrons. The van der Waals surface area contributed by atoms with Gasteiger partial charge >= 0.3 is 0 Å². The highest BCUT2D eigenvalue weighted by atomic mass is 15.1. The van der Waals surface area contributed by atoms with Gasteiger partial charge in [0, 0.05) is 27.7 Å². The molecule has 0 saturated heterocycles. The number of benzene rings is 11. The van der Waals surface area contributed by atoms with E-state index in [4.69, 9.17) is 0 Å². The van der Waals surface area contributed by atoms with Crippen LogP contribution in [0, 0.1) is 0 Å². The fraction of sp³-hybridized carbons (Fsp3) is 0.0294. The lowest BCUT2D eigenvalue weighted by Crippen LogP contribution is -2.33. The summed E-state index contributed by atoms with van der Waals surface area (Å²) in [4.78, 5) is 2.54. The molecule has 2 aliphatic carbocycles. The van der Waals surface area contributed by atoms with E-state index >= 15 is 0 Å². The Morgan fingerprint density at radius 1 is 0.314 bits per heavy atom. The summed E-state index contributed by atoms with van der Waals surface area (Å²) >= 11 is 0. The molecule has 2 heterocycles. The highest BCUT2D eigenvalue weighted by Gasteiger charge is 2.52. The van der Waals surface area contributed by atoms with E-state index < -0.39 is 10.8 Å². The van der Waals surface area contributed by atoms with Gasteiger partial charge in [-0.05, 0) is 115 Å². The number of para-hydroxylation sites is 3. The Bertz CT molecular complexity index is 4010. The van der Waals surface area contributed by atoms with Gasteiger partial charge in [0.25, 0.3) is 0 Å². The minimum absolute atomic E-state index is 0.550. The van der Waals surface area contributed by atoms with Gasteiger partial charge in [0.15, 0.2) is 0 Å². The number of hydrogen-bond acceptors (Lipinski definition) is 1. The Morgan fingerprint density at radius 2 is 0.843 bits per heavy atom. The molecule has 0 N–H and O–H groups in total. The van der Waals surface area contributed by atoms with E-state index in [-0.39, 0.29) is 0 Å². The summed E-state index contributed by atoms with van der Waals surface area (Å²) in [6, 6.07) is 99.9. The van der Waals surface area contributed by atoms with Gasteiger partial charge in [-0.2, -0.15) is 0 Å². The largest absolute Gasteiger partial charge is 0.310 e. The Balaban J connectivity index is 1.03. The van der Waals surface area contributed by atoms with E-state index in [2.05, 4.69) is 276 Å². The molecule has 12 aromatic rings. The van der Waals surface area contributed by atoms with Gasteiger partial charge in [-0.15, -0.1) is 0 Å². The molecule has 0 bridgehead atoms. The predicted octanol–water partition coefficient (Wildman–Crippen LogP) is 17.0. The number of rotatable bonds is 6. The third-order valence-corrected chi connectivity index (χ3v) is 15.9. The molecule has 1 aromatic heterocycles. The normalized spacial score (nSPS) is 15.3. The van der Waals surface area contributed by atoms with Crippen LogP contribution < -0.4 is 4.90 Å². The average molecular weight is 889 g/mol. The highest BCUT2D eigenvalue weighted by Crippen LogP contribution is 2.64. The zero-order valence-corrected chi connectivity index (χ0v) is 38.3. The van der Waals surface area contributed by atoms with Gasteiger partial charge in [-0.3, -0.25) is 0 Å². The second-order valence-corrected chi connectivity index (χ2v) is 19.1. The summed E-state index contributed by atoms with van der Waals surface area (Å²) in [6.45, 7) is 0. The lowest BCUT2D eigenvalue weighted by molar-refractivity contribution is 0.748. The van der Waals surface area contributed by atoms with Crippen molar-refractivity contribution in [1.29, 1.82) is 0 Å². The van der Waals surface area contributed by atoms with Crippen LogP contribution in [0.15, 0.2) is 267 Å². The Labute approximate surface area is 407 Å². The first-order chi connectivity index (χ1) is 34.8. The van der Waals surface area contributed by atoms with E-state index in [9.17, 15) is 0 Å². The molecule has 70 heavy (non-hydrogen) atoms. The molecule has 15 rings (SSSR count). The molecule has 0 fully saturated rings. The summed E-state index contributed by atoms with van der Waals surface area (Å²) in [5.74, 6) is 0. The van der Waals surface area contributed by atoms with Gasteiger partial charge in [-0.25, -0.2) is 0 Å². The van der Waals surface area contributed by atoms with Gasteiger partial charge < -0.3 is 9.47 Å². The van der Waals surface area contributed by atoms with E-state index in [0.29, 0.717) is 0 Å². The molecular formula is C68H44N2. The molecule has 1 atom stereocenters. The van der Waals surface area contributed by atoms with E-state index in [1.165, 1.54) is 105 Å². The Kier molecular flexibility index (Phi) is 8.24. The highest BCUT2D eigenvalue weighted by molar-refractivity contribution is 6.13. The number of anilines is 3. The zero-order chi connectivity index (χ0) is 46.0. The molecular weight excluding hydrogens is 845 g/mol. The van der Waals surface area contributed by atoms with Crippen molar-refractivity contribution in [2.45, 2.75) is 10.8 Å². The van der Waals surface area contributed by atoms with E-state index in [1.807, 2.05) is 0 Å². The minimum Gasteiger partial charge on any atom is -0.310 e. The lowest BCUT2D eigenvalue weighted by Gasteiger charge is -2.39. The minimum atomic E-state index is -0.583. The van der Waals surface area contributed by atoms with Crippen LogP contribution in [0.25, 0.3) is 60.9 Å². The first-order valence-corrected chi connectivity index (χ1v) is 24.4. The van der Waals surface area contributed by atoms with E-state index in [0.717, 1.165) is 17.1 Å². The molecule has 3 aliphatic rings. The Morgan fingerprint density at radius 3 is 1.60 bits per heavy atom. The Hall–Kier alpha value is -8.98. The maximum Gasteiger partial charge on any atom is 0.0755 e. The third kappa shape index (κ3) is 5.07. The number of fused-ring (bicyclic) bond motifs is 15. The molecule has 0 amide bonds. The average Bonchev–Trinajstić information content (AvgIpc) is 4.06. The van der Waals surface area contributed by atoms with Crippen molar-refractivity contribution in [3.05, 3.63) is 311 Å². The maximum absolute atomic E-state index is 2.54. The molecule has 1 unspecified atom stereocenters. The van der Waals surface area contributed by atoms with Crippen LogP contribution >= 0.6 is 0 Å². The van der Waals surface area contributed by atoms with Crippen molar-refractivity contribution in [3.63, 3.8) is 0 Å². The monoisotopic (exact) mass is 888 g/mol. The van der Waals surface area contributed by atoms with Gasteiger partial charge in [0.1, 0.15) is 0 Å². The van der Waals surface area contributed by atoms with Crippen molar-refractivity contribution in [3.8, 4) is 39.1 Å². The first-order valence-electron chi connectivity index (χ1n) is 24.4. The predicted molar refractivity (Wildman–Crippen MR) is 289 cm³/mol. The van der Waals surface area contributed by atoms with Crippen molar-refractivity contribution < 1.29 is 0 Å². The summed E-state index contributed by atoms with van der Waals surface area (Å²) in [6.07, 6.45) is 0. The van der Waals surface area contributed by atoms with Gasteiger partial charge in [-0.1, -0.05) is 224 Å². The number of hydrogen-bond donors (Lipinski definition) is 0. The van der Waals surface area contributed by atoms with Crippen molar-refractivity contribution in [2.24, 2.45) is 0 Å². The van der Waals surface area contributed by atoms with Crippen LogP contribution in [0.2, 0.25) is 0 Å². The van der Waals surface area contributed by atoms with Crippen molar-refractivity contribution in [1.82, 2.24) is 4.57 Å². The van der Waals surface area contributed by atoms with Crippen LogP contribution in [0.1, 0.15) is 44.5 Å². The molecule has 2 heteroatoms. The molecule has 1 aliphatic heterocycles. The molecule has 0 saturated carbocycles. The van der Waals surface area contributed by atoms with Crippen LogP contribution in [0.5, 0.6) is 0 Å². The topological polar surface area (TPSA) is 8.17 Å². The van der Waals surface area contributed by atoms with Crippen LogP contribution in [-0.4, -0.2) is 4.57 Å². The van der Waals surface area contributed by atoms with Gasteiger partial charge in [0.05, 0.1) is 33.2 Å². The third-order valence-electron chi connectivity index (χ3n) is 15.9. The molecule has 1 spiro atoms. The fourth-order valence-corrected chi connectivity index (χ4v) is 13.2. The van der Waals surface area contributed by atoms with Crippen molar-refractivity contribution in [2.75, 3.05) is 4.90 Å². The fourth-order valence-electron chi connectivity index (χ4n) is 13.2. The number of nitrogens with zero attached hydrogens (tertiary/aromatic N) is 2. The first kappa shape index (κ1) is 39.1. The van der Waals surface area contributed by atoms with Crippen molar-refractivity contribution >= 4 is 38.9 Å². The molecule has 2 nitrogen and oxygen atoms in total. The van der Waals surface area contributed by atoms with Crippen LogP contribution in [0.3, 0.4) is 0 Å². The standard InChI is InChI=1S/C68H44N2/c1-4-20-45(21-5-1)46-38-40-49(41-39-46)69(50-42-43-52-51-26-10-13-30-56(51)67(61(52)44-50,47-22-6-2-7-23-47)48-24-8-3-9-25-48)64-37-19-33-59-65(64)55-28-11-14-31-57(55)68(59)58-32-15-17-36-63(58)70-62-35-16-12-27-53(62)54-29-18-34-60(68)66(54)70/h1-44H. The van der Waals surface area contributed by atoms with Crippen LogP contribution in [-0.2, 0) is 10.8 Å². The smallest absolute Gasteiger partial charge is 0.0755 e. The van der Waals surface area contributed by atoms with Gasteiger partial charge in [0.2, 0.25) is 0 Å². The quantitative estimate of drug-likeness (QED) is 0.161. The van der Waals surface area contributed by atoms with E-state index in [1.54, 1.807) is 0 Å². The molecule has 11 aromatic carbocycles. The zero-order valence-electron chi connectivity index (χ0n) is 38.3. The molecule has 326 valence electrons. The summed E-state index contributed by atoms with van der Waals surface area (Å²) in [5.41, 5.74) is 23.7. The van der Waals surface area contributed by atoms with Crippen LogP contribution in [0.4, 0.5) is 17.1 Å². The second-order valence-electron chi connectivity index (χ2n) is 19.1. The maximum atomic E-state index is 2.54.